The average molecular weight is 385 g/mol. The topological polar surface area (TPSA) is 48.2 Å². The molecule has 0 bridgehead atoms. The average Bonchev–Trinajstić information content (AvgIpc) is 2.26. The largest absolute Gasteiger partial charge is 0.417 e. The highest BCUT2D eigenvalue weighted by Crippen LogP contribution is 2.34. The summed E-state index contributed by atoms with van der Waals surface area (Å²) in [5.41, 5.74) is -0.333. The summed E-state index contributed by atoms with van der Waals surface area (Å²) < 4.78 is 37.7. The van der Waals surface area contributed by atoms with Crippen LogP contribution in [0.5, 0.6) is 0 Å². The number of hydrogen-bond donors (Lipinski definition) is 1. The Morgan fingerprint density at radius 3 is 2.61 bits per heavy atom. The maximum Gasteiger partial charge on any atom is 0.417 e. The van der Waals surface area contributed by atoms with Gasteiger partial charge in [0.1, 0.15) is 0 Å². The van der Waals surface area contributed by atoms with Gasteiger partial charge in [0, 0.05) is 3.57 Å². The minimum atomic E-state index is -4.37. The van der Waals surface area contributed by atoms with Gasteiger partial charge in [-0.2, -0.15) is 18.4 Å². The van der Waals surface area contributed by atoms with Crippen LogP contribution in [0.2, 0.25) is 0 Å². The third kappa shape index (κ3) is 4.06. The summed E-state index contributed by atoms with van der Waals surface area (Å²) >= 11 is 2.81. The third-order valence-electron chi connectivity index (χ3n) is 1.84. The van der Waals surface area contributed by atoms with Gasteiger partial charge in [-0.05, 0) is 47.0 Å². The number of benzene rings is 1. The number of nitriles is 1. The van der Waals surface area contributed by atoms with Gasteiger partial charge in [-0.25, -0.2) is 4.99 Å². The lowest BCUT2D eigenvalue weighted by atomic mass is 10.2. The molecule has 1 N–H and O–H groups in total. The lowest BCUT2D eigenvalue weighted by Crippen LogP contribution is -2.12. The predicted octanol–water partition coefficient (Wildman–Crippen LogP) is 3.73. The molecule has 18 heavy (non-hydrogen) atoms. The van der Waals surface area contributed by atoms with E-state index in [0.717, 1.165) is 6.07 Å². The van der Waals surface area contributed by atoms with Crippen molar-refractivity contribution in [2.45, 2.75) is 6.18 Å². The van der Waals surface area contributed by atoms with E-state index < -0.39 is 11.7 Å². The SMILES string of the molecule is CSC(=Nc1ccc(C(F)(F)F)c(I)c1)NC#N. The van der Waals surface area contributed by atoms with E-state index in [1.807, 2.05) is 0 Å². The van der Waals surface area contributed by atoms with Crippen LogP contribution >= 0.6 is 34.4 Å². The standard InChI is InChI=1S/C10H7F3IN3S/c1-18-9(16-5-15)17-6-2-3-7(8(14)4-6)10(11,12)13/h2-4H,1H3,(H,16,17). The summed E-state index contributed by atoms with van der Waals surface area (Å²) in [6.45, 7) is 0. The van der Waals surface area contributed by atoms with E-state index in [1.165, 1.54) is 23.9 Å². The van der Waals surface area contributed by atoms with Crippen LogP contribution in [0.4, 0.5) is 18.9 Å². The summed E-state index contributed by atoms with van der Waals surface area (Å²) in [4.78, 5) is 4.02. The van der Waals surface area contributed by atoms with Crippen LogP contribution in [-0.2, 0) is 6.18 Å². The zero-order chi connectivity index (χ0) is 13.8. The first-order valence-electron chi connectivity index (χ1n) is 4.53. The molecule has 0 atom stereocenters. The zero-order valence-electron chi connectivity index (χ0n) is 9.05. The molecule has 3 nitrogen and oxygen atoms in total. The molecule has 8 heteroatoms. The van der Waals surface area contributed by atoms with E-state index >= 15 is 0 Å². The van der Waals surface area contributed by atoms with Crippen molar-refractivity contribution in [3.8, 4) is 6.19 Å². The van der Waals surface area contributed by atoms with Crippen LogP contribution in [0.15, 0.2) is 23.2 Å². The van der Waals surface area contributed by atoms with Crippen molar-refractivity contribution in [2.75, 3.05) is 6.26 Å². The van der Waals surface area contributed by atoms with Crippen LogP contribution in [0.1, 0.15) is 5.56 Å². The molecule has 0 unspecified atom stereocenters. The third-order valence-corrected chi connectivity index (χ3v) is 3.32. The summed E-state index contributed by atoms with van der Waals surface area (Å²) in [7, 11) is 0. The van der Waals surface area contributed by atoms with E-state index in [1.54, 1.807) is 35.0 Å². The number of halogens is 4. The highest BCUT2D eigenvalue weighted by atomic mass is 127. The molecule has 96 valence electrons. The molecule has 1 aromatic carbocycles. The Balaban J connectivity index is 3.09. The molecule has 0 aliphatic carbocycles. The van der Waals surface area contributed by atoms with E-state index in [0.29, 0.717) is 10.9 Å². The molecule has 0 saturated carbocycles. The van der Waals surface area contributed by atoms with Gasteiger partial charge in [-0.1, -0.05) is 11.8 Å². The Morgan fingerprint density at radius 1 is 1.50 bits per heavy atom. The molecule has 0 fully saturated rings. The molecule has 1 aromatic rings. The number of aliphatic imine (C=N–C) groups is 1. The second-order valence-electron chi connectivity index (χ2n) is 3.02. The maximum absolute atomic E-state index is 12.5. The van der Waals surface area contributed by atoms with Crippen molar-refractivity contribution in [2.24, 2.45) is 4.99 Å². The Hall–Kier alpha value is -0.950. The second kappa shape index (κ2) is 6.29. The summed E-state index contributed by atoms with van der Waals surface area (Å²) in [5.74, 6) is 0. The van der Waals surface area contributed by atoms with Crippen molar-refractivity contribution in [1.29, 1.82) is 5.26 Å². The molecule has 1 rings (SSSR count). The van der Waals surface area contributed by atoms with Crippen molar-refractivity contribution in [3.05, 3.63) is 27.3 Å². The molecule has 0 saturated heterocycles. The Bertz CT molecular complexity index is 508. The number of alkyl halides is 3. The number of nitrogens with one attached hydrogen (secondary N) is 1. The highest BCUT2D eigenvalue weighted by Gasteiger charge is 2.32. The monoisotopic (exact) mass is 385 g/mol. The summed E-state index contributed by atoms with van der Waals surface area (Å²) in [6.07, 6.45) is -0.957. The fraction of sp³-hybridized carbons (Fsp3) is 0.200. The number of thioether (sulfide) groups is 1. The lowest BCUT2D eigenvalue weighted by Gasteiger charge is -2.09. The van der Waals surface area contributed by atoms with Crippen molar-refractivity contribution < 1.29 is 13.2 Å². The molecule has 0 spiro atoms. The lowest BCUT2D eigenvalue weighted by molar-refractivity contribution is -0.138. The van der Waals surface area contributed by atoms with E-state index in [-0.39, 0.29) is 3.57 Å². The number of amidine groups is 1. The first kappa shape index (κ1) is 15.1. The van der Waals surface area contributed by atoms with Crippen LogP contribution in [0.25, 0.3) is 0 Å². The van der Waals surface area contributed by atoms with E-state index in [4.69, 9.17) is 5.26 Å². The molecular formula is C10H7F3IN3S. The van der Waals surface area contributed by atoms with E-state index in [2.05, 4.69) is 10.3 Å². The Kier molecular flexibility index (Phi) is 5.28. The number of nitrogens with zero attached hydrogens (tertiary/aromatic N) is 2. The quantitative estimate of drug-likeness (QED) is 0.264. The molecule has 0 radical (unpaired) electrons. The summed E-state index contributed by atoms with van der Waals surface area (Å²) in [5, 5.41) is 11.1. The van der Waals surface area contributed by atoms with Gasteiger partial charge in [0.2, 0.25) is 0 Å². The van der Waals surface area contributed by atoms with Crippen molar-refractivity contribution in [1.82, 2.24) is 5.32 Å². The Morgan fingerprint density at radius 2 is 2.17 bits per heavy atom. The predicted molar refractivity (Wildman–Crippen MR) is 73.5 cm³/mol. The minimum absolute atomic E-state index is 0.0683. The van der Waals surface area contributed by atoms with Gasteiger partial charge in [-0.15, -0.1) is 0 Å². The van der Waals surface area contributed by atoms with Gasteiger partial charge in [0.25, 0.3) is 0 Å². The first-order chi connectivity index (χ1) is 8.38. The molecule has 0 aliphatic rings. The van der Waals surface area contributed by atoms with E-state index in [9.17, 15) is 13.2 Å². The van der Waals surface area contributed by atoms with Crippen molar-refractivity contribution >= 4 is 45.2 Å². The molecular weight excluding hydrogens is 378 g/mol. The van der Waals surface area contributed by atoms with Gasteiger partial charge < -0.3 is 0 Å². The van der Waals surface area contributed by atoms with Crippen LogP contribution in [-0.4, -0.2) is 11.4 Å². The molecule has 0 heterocycles. The fourth-order valence-corrected chi connectivity index (χ4v) is 2.24. The van der Waals surface area contributed by atoms with Gasteiger partial charge in [-0.3, -0.25) is 5.32 Å². The normalized spacial score (nSPS) is 12.1. The fourth-order valence-electron chi connectivity index (χ4n) is 1.09. The smallest absolute Gasteiger partial charge is 0.271 e. The minimum Gasteiger partial charge on any atom is -0.271 e. The van der Waals surface area contributed by atoms with Gasteiger partial charge in [0.05, 0.1) is 11.3 Å². The van der Waals surface area contributed by atoms with Crippen LogP contribution in [0, 0.1) is 15.0 Å². The maximum atomic E-state index is 12.5. The molecule has 0 aliphatic heterocycles. The highest BCUT2D eigenvalue weighted by molar-refractivity contribution is 14.1. The zero-order valence-corrected chi connectivity index (χ0v) is 12.0. The number of hydrogen-bond acceptors (Lipinski definition) is 3. The Labute approximate surface area is 120 Å². The molecule has 0 aromatic heterocycles. The molecule has 0 amide bonds. The van der Waals surface area contributed by atoms with Crippen LogP contribution < -0.4 is 5.32 Å². The van der Waals surface area contributed by atoms with Gasteiger partial charge in [0.15, 0.2) is 11.4 Å². The second-order valence-corrected chi connectivity index (χ2v) is 4.98. The first-order valence-corrected chi connectivity index (χ1v) is 6.83. The number of rotatable bonds is 1. The van der Waals surface area contributed by atoms with Gasteiger partial charge >= 0.3 is 6.18 Å². The van der Waals surface area contributed by atoms with Crippen molar-refractivity contribution in [3.63, 3.8) is 0 Å². The summed E-state index contributed by atoms with van der Waals surface area (Å²) in [6, 6.07) is 3.56. The van der Waals surface area contributed by atoms with Crippen LogP contribution in [0.3, 0.4) is 0 Å².